The molecule has 0 bridgehead atoms. The topological polar surface area (TPSA) is 61.8 Å². The first kappa shape index (κ1) is 61.3. The predicted octanol–water partition coefficient (Wildman–Crippen LogP) is 18.7. The molecule has 5 nitrogen and oxygen atoms in total. The third kappa shape index (κ3) is 52.0. The number of ether oxygens (including phenoxy) is 3. The van der Waals surface area contributed by atoms with E-state index < -0.39 is 6.10 Å². The molecular formula is C59H104O5. The Labute approximate surface area is 397 Å². The molecule has 0 saturated carbocycles. The summed E-state index contributed by atoms with van der Waals surface area (Å²) >= 11 is 0. The Kier molecular flexibility index (Phi) is 52.4. The average Bonchev–Trinajstić information content (AvgIpc) is 3.30. The van der Waals surface area contributed by atoms with Crippen LogP contribution in [0.3, 0.4) is 0 Å². The minimum atomic E-state index is -0.554. The molecule has 1 atom stereocenters. The molecule has 0 amide bonds. The first-order chi connectivity index (χ1) is 31.6. The summed E-state index contributed by atoms with van der Waals surface area (Å²) in [5.74, 6) is -0.427. The fourth-order valence-corrected chi connectivity index (χ4v) is 7.55. The summed E-state index contributed by atoms with van der Waals surface area (Å²) in [7, 11) is 0. The summed E-state index contributed by atoms with van der Waals surface area (Å²) in [5.41, 5.74) is 0. The third-order valence-corrected chi connectivity index (χ3v) is 11.7. The molecular weight excluding hydrogens is 789 g/mol. The van der Waals surface area contributed by atoms with Gasteiger partial charge in [-0.3, -0.25) is 9.59 Å². The van der Waals surface area contributed by atoms with Gasteiger partial charge in [-0.05, 0) is 109 Å². The zero-order chi connectivity index (χ0) is 46.3. The van der Waals surface area contributed by atoms with Crippen LogP contribution in [0.2, 0.25) is 0 Å². The zero-order valence-electron chi connectivity index (χ0n) is 42.5. The van der Waals surface area contributed by atoms with Crippen molar-refractivity contribution in [1.29, 1.82) is 0 Å². The van der Waals surface area contributed by atoms with Gasteiger partial charge in [-0.2, -0.15) is 0 Å². The number of carbonyl (C=O) groups is 2. The molecule has 0 aromatic carbocycles. The fourth-order valence-electron chi connectivity index (χ4n) is 7.55. The van der Waals surface area contributed by atoms with E-state index in [1.54, 1.807) is 0 Å². The van der Waals surface area contributed by atoms with Gasteiger partial charge in [0.05, 0.1) is 6.61 Å². The van der Waals surface area contributed by atoms with E-state index in [0.717, 1.165) is 89.9 Å². The molecule has 0 aliphatic heterocycles. The first-order valence-electron chi connectivity index (χ1n) is 27.5. The minimum Gasteiger partial charge on any atom is -0.462 e. The van der Waals surface area contributed by atoms with Gasteiger partial charge in [-0.1, -0.05) is 216 Å². The maximum atomic E-state index is 12.8. The lowest BCUT2D eigenvalue weighted by molar-refractivity contribution is -0.163. The number of hydrogen-bond acceptors (Lipinski definition) is 5. The predicted molar refractivity (Wildman–Crippen MR) is 279 cm³/mol. The van der Waals surface area contributed by atoms with Crippen molar-refractivity contribution in [1.82, 2.24) is 0 Å². The van der Waals surface area contributed by atoms with Crippen molar-refractivity contribution in [3.8, 4) is 0 Å². The van der Waals surface area contributed by atoms with Gasteiger partial charge in [0.2, 0.25) is 0 Å². The largest absolute Gasteiger partial charge is 0.462 e. The molecule has 0 heterocycles. The fraction of sp³-hybridized carbons (Fsp3) is 0.763. The highest BCUT2D eigenvalue weighted by molar-refractivity contribution is 5.70. The number of hydrogen-bond donors (Lipinski definition) is 0. The molecule has 0 radical (unpaired) electrons. The molecule has 0 fully saturated rings. The van der Waals surface area contributed by atoms with Crippen LogP contribution < -0.4 is 0 Å². The molecule has 0 aliphatic rings. The molecule has 5 heteroatoms. The van der Waals surface area contributed by atoms with Crippen molar-refractivity contribution in [2.75, 3.05) is 19.8 Å². The van der Waals surface area contributed by atoms with Crippen LogP contribution in [0.4, 0.5) is 0 Å². The highest BCUT2D eigenvalue weighted by atomic mass is 16.6. The van der Waals surface area contributed by atoms with Gasteiger partial charge < -0.3 is 14.2 Å². The summed E-state index contributed by atoms with van der Waals surface area (Å²) in [6, 6.07) is 0. The SMILES string of the molecule is CCC/C=C\C/C=C\CCCCCCCC(=O)OC(COCCCCCCCC/C=C\CCCCCCCC)COC(=O)CCCCCCCC/C=C\C/C=C\C/C=C\CCCCC. The summed E-state index contributed by atoms with van der Waals surface area (Å²) in [6.07, 6.45) is 70.5. The zero-order valence-corrected chi connectivity index (χ0v) is 42.5. The average molecular weight is 893 g/mol. The minimum absolute atomic E-state index is 0.0688. The van der Waals surface area contributed by atoms with E-state index >= 15 is 0 Å². The van der Waals surface area contributed by atoms with Crippen LogP contribution >= 0.6 is 0 Å². The second kappa shape index (κ2) is 54.7. The lowest BCUT2D eigenvalue weighted by Gasteiger charge is -2.18. The Balaban J connectivity index is 4.30. The summed E-state index contributed by atoms with van der Waals surface area (Å²) in [4.78, 5) is 25.4. The van der Waals surface area contributed by atoms with E-state index in [4.69, 9.17) is 14.2 Å². The van der Waals surface area contributed by atoms with Crippen molar-refractivity contribution in [3.05, 3.63) is 72.9 Å². The van der Waals surface area contributed by atoms with Gasteiger partial charge in [-0.25, -0.2) is 0 Å². The Morgan fingerprint density at radius 3 is 1.16 bits per heavy atom. The Bertz CT molecular complexity index is 1150. The summed E-state index contributed by atoms with van der Waals surface area (Å²) in [6.45, 7) is 7.71. The number of carbonyl (C=O) groups excluding carboxylic acids is 2. The van der Waals surface area contributed by atoms with Crippen LogP contribution in [0, 0.1) is 0 Å². The molecule has 0 N–H and O–H groups in total. The van der Waals surface area contributed by atoms with Crippen LogP contribution in [-0.4, -0.2) is 37.9 Å². The maximum absolute atomic E-state index is 12.8. The highest BCUT2D eigenvalue weighted by Gasteiger charge is 2.17. The van der Waals surface area contributed by atoms with Gasteiger partial charge in [0.1, 0.15) is 6.61 Å². The van der Waals surface area contributed by atoms with Crippen LogP contribution in [0.5, 0.6) is 0 Å². The second-order valence-electron chi connectivity index (χ2n) is 18.1. The van der Waals surface area contributed by atoms with Crippen molar-refractivity contribution in [2.45, 2.75) is 271 Å². The highest BCUT2D eigenvalue weighted by Crippen LogP contribution is 2.14. The van der Waals surface area contributed by atoms with Crippen molar-refractivity contribution >= 4 is 11.9 Å². The Morgan fingerprint density at radius 1 is 0.344 bits per heavy atom. The molecule has 0 rings (SSSR count). The van der Waals surface area contributed by atoms with Crippen LogP contribution in [0.15, 0.2) is 72.9 Å². The molecule has 1 unspecified atom stereocenters. The van der Waals surface area contributed by atoms with Crippen molar-refractivity contribution in [2.24, 2.45) is 0 Å². The van der Waals surface area contributed by atoms with E-state index in [0.29, 0.717) is 19.4 Å². The van der Waals surface area contributed by atoms with E-state index in [1.807, 2.05) is 0 Å². The molecule has 0 saturated heterocycles. The molecule has 0 aromatic rings. The second-order valence-corrected chi connectivity index (χ2v) is 18.1. The van der Waals surface area contributed by atoms with E-state index in [-0.39, 0.29) is 25.2 Å². The smallest absolute Gasteiger partial charge is 0.306 e. The van der Waals surface area contributed by atoms with E-state index in [9.17, 15) is 9.59 Å². The van der Waals surface area contributed by atoms with E-state index in [1.165, 1.54) is 141 Å². The van der Waals surface area contributed by atoms with Gasteiger partial charge in [0.15, 0.2) is 6.10 Å². The number of unbranched alkanes of at least 4 members (excludes halogenated alkanes) is 27. The lowest BCUT2D eigenvalue weighted by atomic mass is 10.1. The monoisotopic (exact) mass is 893 g/mol. The molecule has 0 aliphatic carbocycles. The van der Waals surface area contributed by atoms with Crippen LogP contribution in [-0.2, 0) is 23.8 Å². The third-order valence-electron chi connectivity index (χ3n) is 11.7. The number of allylic oxidation sites excluding steroid dienone is 12. The van der Waals surface area contributed by atoms with Crippen LogP contribution in [0.1, 0.15) is 265 Å². The maximum Gasteiger partial charge on any atom is 0.306 e. The van der Waals surface area contributed by atoms with Crippen LogP contribution in [0.25, 0.3) is 0 Å². The van der Waals surface area contributed by atoms with Crippen molar-refractivity contribution in [3.63, 3.8) is 0 Å². The number of esters is 2. The summed E-state index contributed by atoms with van der Waals surface area (Å²) < 4.78 is 17.4. The van der Waals surface area contributed by atoms with Gasteiger partial charge in [0, 0.05) is 19.4 Å². The standard InChI is InChI=1S/C59H104O5/c1-4-7-10-13-16-19-22-25-27-29-30-31-32-35-37-40-43-46-49-52-58(60)63-56-57(64-59(61)53-50-47-44-41-38-34-24-21-18-15-12-9-6-3)55-62-54-51-48-45-42-39-36-33-28-26-23-20-17-14-11-8-5-2/h12,15-16,19,21,24-28,30-31,57H,4-11,13-14,17-18,20,22-23,29,32-56H2,1-3H3/b15-12-,19-16-,24-21-,27-25-,28-26-,31-30-. The number of rotatable bonds is 50. The normalized spacial score (nSPS) is 12.7. The van der Waals surface area contributed by atoms with Gasteiger partial charge >= 0.3 is 11.9 Å². The Hall–Kier alpha value is -2.66. The molecule has 0 spiro atoms. The van der Waals surface area contributed by atoms with E-state index in [2.05, 4.69) is 93.7 Å². The first-order valence-corrected chi connectivity index (χ1v) is 27.5. The molecule has 370 valence electrons. The Morgan fingerprint density at radius 2 is 0.688 bits per heavy atom. The molecule has 64 heavy (non-hydrogen) atoms. The van der Waals surface area contributed by atoms with Crippen molar-refractivity contribution < 1.29 is 23.8 Å². The summed E-state index contributed by atoms with van der Waals surface area (Å²) in [5, 5.41) is 0. The van der Waals surface area contributed by atoms with Gasteiger partial charge in [-0.15, -0.1) is 0 Å². The quantitative estimate of drug-likeness (QED) is 0.0346. The molecule has 0 aromatic heterocycles. The van der Waals surface area contributed by atoms with Gasteiger partial charge in [0.25, 0.3) is 0 Å². The lowest BCUT2D eigenvalue weighted by Crippen LogP contribution is -2.30.